The van der Waals surface area contributed by atoms with Crippen LogP contribution in [0.1, 0.15) is 29.8 Å². The van der Waals surface area contributed by atoms with Gasteiger partial charge in [0.25, 0.3) is 0 Å². The van der Waals surface area contributed by atoms with Crippen LogP contribution in [0.15, 0.2) is 22.5 Å². The molecule has 1 fully saturated rings. The Kier molecular flexibility index (Phi) is 6.19. The number of rotatable bonds is 5. The van der Waals surface area contributed by atoms with Crippen molar-refractivity contribution in [1.29, 1.82) is 0 Å². The number of hydrogen-bond acceptors (Lipinski definition) is 4. The molecule has 1 aliphatic rings. The Morgan fingerprint density at radius 3 is 2.69 bits per heavy atom. The summed E-state index contributed by atoms with van der Waals surface area (Å²) >= 11 is 1.82. The molecule has 3 rings (SSSR count). The van der Waals surface area contributed by atoms with Gasteiger partial charge in [0.1, 0.15) is 0 Å². The van der Waals surface area contributed by atoms with E-state index in [1.807, 2.05) is 30.1 Å². The Balaban J connectivity index is 1.44. The molecular weight excluding hydrogens is 344 g/mol. The van der Waals surface area contributed by atoms with Crippen molar-refractivity contribution < 1.29 is 0 Å². The summed E-state index contributed by atoms with van der Waals surface area (Å²) in [5.74, 6) is 0.902. The van der Waals surface area contributed by atoms with Crippen molar-refractivity contribution in [1.82, 2.24) is 20.4 Å². The summed E-state index contributed by atoms with van der Waals surface area (Å²) in [6, 6.07) is 4.82. The van der Waals surface area contributed by atoms with Gasteiger partial charge < -0.3 is 15.5 Å². The maximum absolute atomic E-state index is 4.49. The van der Waals surface area contributed by atoms with Crippen molar-refractivity contribution in [2.75, 3.05) is 31.6 Å². The van der Waals surface area contributed by atoms with E-state index in [2.05, 4.69) is 57.0 Å². The molecule has 1 aliphatic heterocycles. The van der Waals surface area contributed by atoms with E-state index in [9.17, 15) is 0 Å². The van der Waals surface area contributed by atoms with Gasteiger partial charge in [0.05, 0.1) is 10.7 Å². The van der Waals surface area contributed by atoms with Gasteiger partial charge in [0, 0.05) is 45.5 Å². The largest absolute Gasteiger partial charge is 0.363 e. The van der Waals surface area contributed by atoms with E-state index < -0.39 is 0 Å². The molecule has 0 amide bonds. The lowest BCUT2D eigenvalue weighted by Gasteiger charge is -2.33. The van der Waals surface area contributed by atoms with E-state index in [1.165, 1.54) is 16.3 Å². The zero-order valence-electron chi connectivity index (χ0n) is 16.2. The molecule has 0 unspecified atom stereocenters. The van der Waals surface area contributed by atoms with Crippen molar-refractivity contribution in [3.63, 3.8) is 0 Å². The van der Waals surface area contributed by atoms with Gasteiger partial charge in [-0.25, -0.2) is 0 Å². The van der Waals surface area contributed by atoms with Gasteiger partial charge in [-0.15, -0.1) is 11.3 Å². The third kappa shape index (κ3) is 4.38. The van der Waals surface area contributed by atoms with Crippen LogP contribution in [0.3, 0.4) is 0 Å². The van der Waals surface area contributed by atoms with Crippen LogP contribution in [0.2, 0.25) is 0 Å². The summed E-state index contributed by atoms with van der Waals surface area (Å²) in [6.45, 7) is 7.27. The standard InChI is InChI=1S/C19H30N6S/c1-14-17(15(2)24(4)23-14)7-10-21-19(20-3)22-16-8-11-25(12-9-16)18-6-5-13-26-18/h5-6,13,16H,7-12H2,1-4H3,(H2,20,21,22). The summed E-state index contributed by atoms with van der Waals surface area (Å²) in [5, 5.41) is 15.1. The predicted octanol–water partition coefficient (Wildman–Crippen LogP) is 2.47. The van der Waals surface area contributed by atoms with Gasteiger partial charge in [-0.3, -0.25) is 9.67 Å². The fraction of sp³-hybridized carbons (Fsp3) is 0.579. The molecule has 0 aromatic carbocycles. The van der Waals surface area contributed by atoms with E-state index in [0.29, 0.717) is 6.04 Å². The van der Waals surface area contributed by atoms with Crippen molar-refractivity contribution in [3.05, 3.63) is 34.5 Å². The maximum Gasteiger partial charge on any atom is 0.191 e. The average Bonchev–Trinajstić information content (AvgIpc) is 3.25. The first-order valence-corrected chi connectivity index (χ1v) is 10.2. The van der Waals surface area contributed by atoms with E-state index >= 15 is 0 Å². The van der Waals surface area contributed by atoms with Crippen molar-refractivity contribution in [2.24, 2.45) is 12.0 Å². The second-order valence-electron chi connectivity index (χ2n) is 6.88. The molecule has 0 bridgehead atoms. The van der Waals surface area contributed by atoms with Crippen LogP contribution in [-0.2, 0) is 13.5 Å². The van der Waals surface area contributed by atoms with Gasteiger partial charge in [0.2, 0.25) is 0 Å². The van der Waals surface area contributed by atoms with Gasteiger partial charge in [-0.2, -0.15) is 5.10 Å². The Morgan fingerprint density at radius 2 is 2.12 bits per heavy atom. The number of aliphatic imine (C=N–C) groups is 1. The topological polar surface area (TPSA) is 57.5 Å². The van der Waals surface area contributed by atoms with Crippen LogP contribution in [0, 0.1) is 13.8 Å². The van der Waals surface area contributed by atoms with Crippen LogP contribution >= 0.6 is 11.3 Å². The average molecular weight is 375 g/mol. The Morgan fingerprint density at radius 1 is 1.35 bits per heavy atom. The van der Waals surface area contributed by atoms with E-state index in [-0.39, 0.29) is 0 Å². The second-order valence-corrected chi connectivity index (χ2v) is 7.81. The molecule has 0 radical (unpaired) electrons. The lowest BCUT2D eigenvalue weighted by atomic mass is 10.1. The molecule has 2 aromatic rings. The number of nitrogens with one attached hydrogen (secondary N) is 2. The number of aromatic nitrogens is 2. The van der Waals surface area contributed by atoms with E-state index in [1.54, 1.807) is 0 Å². The SMILES string of the molecule is CN=C(NCCc1c(C)nn(C)c1C)NC1CCN(c2cccs2)CC1. The second kappa shape index (κ2) is 8.58. The third-order valence-corrected chi connectivity index (χ3v) is 6.13. The number of piperidine rings is 1. The highest BCUT2D eigenvalue weighted by atomic mass is 32.1. The fourth-order valence-electron chi connectivity index (χ4n) is 3.57. The Labute approximate surface area is 160 Å². The molecule has 0 atom stereocenters. The minimum Gasteiger partial charge on any atom is -0.363 e. The fourth-order valence-corrected chi connectivity index (χ4v) is 4.35. The van der Waals surface area contributed by atoms with Gasteiger partial charge in [-0.1, -0.05) is 0 Å². The third-order valence-electron chi connectivity index (χ3n) is 5.20. The number of aryl methyl sites for hydroxylation is 2. The molecule has 142 valence electrons. The highest BCUT2D eigenvalue weighted by Gasteiger charge is 2.20. The molecule has 0 spiro atoms. The summed E-state index contributed by atoms with van der Waals surface area (Å²) in [5.41, 5.74) is 3.70. The summed E-state index contributed by atoms with van der Waals surface area (Å²) < 4.78 is 1.96. The minimum absolute atomic E-state index is 0.485. The van der Waals surface area contributed by atoms with Crippen LogP contribution in [0.5, 0.6) is 0 Å². The first-order valence-electron chi connectivity index (χ1n) is 9.33. The Bertz CT molecular complexity index is 726. The zero-order valence-corrected chi connectivity index (χ0v) is 17.1. The zero-order chi connectivity index (χ0) is 18.5. The molecule has 1 saturated heterocycles. The van der Waals surface area contributed by atoms with E-state index in [0.717, 1.165) is 50.6 Å². The van der Waals surface area contributed by atoms with Gasteiger partial charge in [-0.05, 0) is 56.2 Å². The first-order chi connectivity index (χ1) is 12.6. The van der Waals surface area contributed by atoms with Crippen LogP contribution in [0.4, 0.5) is 5.00 Å². The molecule has 0 aliphatic carbocycles. The molecule has 2 N–H and O–H groups in total. The monoisotopic (exact) mass is 374 g/mol. The van der Waals surface area contributed by atoms with Gasteiger partial charge >= 0.3 is 0 Å². The van der Waals surface area contributed by atoms with E-state index in [4.69, 9.17) is 0 Å². The summed E-state index contributed by atoms with van der Waals surface area (Å²) in [7, 11) is 3.85. The maximum atomic E-state index is 4.49. The smallest absolute Gasteiger partial charge is 0.191 e. The molecule has 0 saturated carbocycles. The highest BCUT2D eigenvalue weighted by Crippen LogP contribution is 2.24. The molecule has 6 nitrogen and oxygen atoms in total. The molecule has 26 heavy (non-hydrogen) atoms. The summed E-state index contributed by atoms with van der Waals surface area (Å²) in [6.07, 6.45) is 3.24. The lowest BCUT2D eigenvalue weighted by Crippen LogP contribution is -2.49. The first kappa shape index (κ1) is 18.8. The number of guanidine groups is 1. The molecule has 3 heterocycles. The lowest BCUT2D eigenvalue weighted by molar-refractivity contribution is 0.463. The van der Waals surface area contributed by atoms with Crippen molar-refractivity contribution >= 4 is 22.3 Å². The molecular formula is C19H30N6S. The number of thiophene rings is 1. The quantitative estimate of drug-likeness (QED) is 0.624. The number of anilines is 1. The molecule has 7 heteroatoms. The minimum atomic E-state index is 0.485. The van der Waals surface area contributed by atoms with Crippen LogP contribution < -0.4 is 15.5 Å². The highest BCUT2D eigenvalue weighted by molar-refractivity contribution is 7.14. The number of hydrogen-bond donors (Lipinski definition) is 2. The van der Waals surface area contributed by atoms with Gasteiger partial charge in [0.15, 0.2) is 5.96 Å². The number of nitrogens with zero attached hydrogens (tertiary/aromatic N) is 4. The van der Waals surface area contributed by atoms with Crippen molar-refractivity contribution in [3.8, 4) is 0 Å². The molecule has 2 aromatic heterocycles. The Hall–Kier alpha value is -2.02. The predicted molar refractivity (Wildman–Crippen MR) is 110 cm³/mol. The summed E-state index contributed by atoms with van der Waals surface area (Å²) in [4.78, 5) is 6.87. The van der Waals surface area contributed by atoms with Crippen LogP contribution in [0.25, 0.3) is 0 Å². The van der Waals surface area contributed by atoms with Crippen molar-refractivity contribution in [2.45, 2.75) is 39.2 Å². The van der Waals surface area contributed by atoms with Crippen LogP contribution in [-0.4, -0.2) is 48.5 Å². The normalized spacial score (nSPS) is 16.2.